The second-order valence-corrected chi connectivity index (χ2v) is 3.06. The second-order valence-electron chi connectivity index (χ2n) is 3.06. The van der Waals surface area contributed by atoms with E-state index in [-0.39, 0.29) is 0 Å². The fourth-order valence-electron chi connectivity index (χ4n) is 0.861. The van der Waals surface area contributed by atoms with Crippen LogP contribution in [0.15, 0.2) is 35.9 Å². The van der Waals surface area contributed by atoms with E-state index >= 15 is 0 Å². The Bertz CT molecular complexity index is 375. The Morgan fingerprint density at radius 1 is 1.06 bits per heavy atom. The van der Waals surface area contributed by atoms with Crippen molar-refractivity contribution < 1.29 is 19.8 Å². The predicted molar refractivity (Wildman–Crippen MR) is 61.0 cm³/mol. The predicted octanol–water partition coefficient (Wildman–Crippen LogP) is 2.27. The van der Waals surface area contributed by atoms with Crippen LogP contribution in [0.2, 0.25) is 0 Å². The normalized spacial score (nSPS) is 10.0. The van der Waals surface area contributed by atoms with E-state index in [9.17, 15) is 4.79 Å². The number of aliphatic carboxylic acids is 2. The van der Waals surface area contributed by atoms with E-state index in [1.54, 1.807) is 13.0 Å². The molecule has 0 aliphatic heterocycles. The van der Waals surface area contributed by atoms with Gasteiger partial charge in [0.2, 0.25) is 0 Å². The topological polar surface area (TPSA) is 74.6 Å². The number of benzene rings is 1. The second kappa shape index (κ2) is 7.23. The Morgan fingerprint density at radius 2 is 1.50 bits per heavy atom. The molecule has 0 fully saturated rings. The highest BCUT2D eigenvalue weighted by Crippen LogP contribution is 2.05. The number of rotatable bonds is 2. The Labute approximate surface area is 93.8 Å². The van der Waals surface area contributed by atoms with Gasteiger partial charge < -0.3 is 10.2 Å². The molecule has 0 aromatic heterocycles. The van der Waals surface area contributed by atoms with Gasteiger partial charge in [0.25, 0.3) is 5.97 Å². The average Bonchev–Trinajstić information content (AvgIpc) is 2.18. The molecule has 0 unspecified atom stereocenters. The third-order valence-electron chi connectivity index (χ3n) is 1.52. The van der Waals surface area contributed by atoms with Crippen LogP contribution < -0.4 is 0 Å². The zero-order chi connectivity index (χ0) is 12.6. The molecule has 4 nitrogen and oxygen atoms in total. The monoisotopic (exact) mass is 222 g/mol. The van der Waals surface area contributed by atoms with Crippen LogP contribution in [0.5, 0.6) is 0 Å². The molecule has 2 N–H and O–H groups in total. The van der Waals surface area contributed by atoms with E-state index in [0.717, 1.165) is 12.5 Å². The van der Waals surface area contributed by atoms with Crippen molar-refractivity contribution >= 4 is 18.0 Å². The smallest absolute Gasteiger partial charge is 0.331 e. The molecular weight excluding hydrogens is 208 g/mol. The van der Waals surface area contributed by atoms with Crippen molar-refractivity contribution in [3.63, 3.8) is 0 Å². The maximum absolute atomic E-state index is 10.4. The molecule has 0 aliphatic rings. The number of hydrogen-bond acceptors (Lipinski definition) is 2. The van der Waals surface area contributed by atoms with Crippen molar-refractivity contribution in [3.8, 4) is 0 Å². The van der Waals surface area contributed by atoms with Gasteiger partial charge in [-0.2, -0.15) is 0 Å². The summed E-state index contributed by atoms with van der Waals surface area (Å²) in [6.45, 7) is 2.66. The highest BCUT2D eigenvalue weighted by Gasteiger charge is 1.98. The third kappa shape index (κ3) is 7.32. The van der Waals surface area contributed by atoms with Gasteiger partial charge in [-0.25, -0.2) is 4.79 Å². The largest absolute Gasteiger partial charge is 0.481 e. The van der Waals surface area contributed by atoms with Gasteiger partial charge >= 0.3 is 5.97 Å². The number of carboxylic acids is 2. The molecule has 0 bridgehead atoms. The Kier molecular flexibility index (Phi) is 6.28. The average molecular weight is 222 g/mol. The van der Waals surface area contributed by atoms with Crippen LogP contribution in [0.4, 0.5) is 0 Å². The number of carboxylic acid groups (broad SMARTS) is 2. The first-order valence-corrected chi connectivity index (χ1v) is 4.59. The SMILES string of the molecule is C/C(=C\c1ccccc1)C(=O)O.CC(=O)O. The molecule has 16 heavy (non-hydrogen) atoms. The van der Waals surface area contributed by atoms with E-state index < -0.39 is 11.9 Å². The van der Waals surface area contributed by atoms with Crippen molar-refractivity contribution in [3.05, 3.63) is 41.5 Å². The van der Waals surface area contributed by atoms with Crippen molar-refractivity contribution in [2.24, 2.45) is 0 Å². The Morgan fingerprint density at radius 3 is 1.88 bits per heavy atom. The lowest BCUT2D eigenvalue weighted by atomic mass is 10.1. The third-order valence-corrected chi connectivity index (χ3v) is 1.52. The van der Waals surface area contributed by atoms with Gasteiger partial charge in [0.15, 0.2) is 0 Å². The summed E-state index contributed by atoms with van der Waals surface area (Å²) in [6, 6.07) is 9.38. The van der Waals surface area contributed by atoms with Crippen LogP contribution in [-0.4, -0.2) is 22.2 Å². The summed E-state index contributed by atoms with van der Waals surface area (Å²) in [6.07, 6.45) is 1.64. The number of carbonyl (C=O) groups is 2. The van der Waals surface area contributed by atoms with Crippen LogP contribution >= 0.6 is 0 Å². The molecular formula is C12H14O4. The molecule has 0 heterocycles. The fraction of sp³-hybridized carbons (Fsp3) is 0.167. The molecule has 1 aromatic rings. The highest BCUT2D eigenvalue weighted by molar-refractivity contribution is 5.91. The Hall–Kier alpha value is -2.10. The highest BCUT2D eigenvalue weighted by atomic mass is 16.4. The molecule has 0 aliphatic carbocycles. The van der Waals surface area contributed by atoms with Gasteiger partial charge in [0.1, 0.15) is 0 Å². The van der Waals surface area contributed by atoms with Gasteiger partial charge in [0, 0.05) is 12.5 Å². The first kappa shape index (κ1) is 13.9. The van der Waals surface area contributed by atoms with Crippen molar-refractivity contribution in [2.45, 2.75) is 13.8 Å². The summed E-state index contributed by atoms with van der Waals surface area (Å²) >= 11 is 0. The van der Waals surface area contributed by atoms with Crippen LogP contribution in [0.1, 0.15) is 19.4 Å². The summed E-state index contributed by atoms with van der Waals surface area (Å²) in [7, 11) is 0. The van der Waals surface area contributed by atoms with E-state index in [4.69, 9.17) is 15.0 Å². The lowest BCUT2D eigenvalue weighted by Gasteiger charge is -1.93. The fourth-order valence-corrected chi connectivity index (χ4v) is 0.861. The van der Waals surface area contributed by atoms with E-state index in [2.05, 4.69) is 0 Å². The molecule has 1 aromatic carbocycles. The van der Waals surface area contributed by atoms with E-state index in [1.807, 2.05) is 30.3 Å². The molecule has 0 saturated carbocycles. The minimum absolute atomic E-state index is 0.348. The maximum atomic E-state index is 10.4. The molecule has 1 rings (SSSR count). The Balaban J connectivity index is 0.000000487. The lowest BCUT2D eigenvalue weighted by molar-refractivity contribution is -0.134. The maximum Gasteiger partial charge on any atom is 0.331 e. The molecule has 0 spiro atoms. The molecule has 0 atom stereocenters. The van der Waals surface area contributed by atoms with Gasteiger partial charge in [-0.1, -0.05) is 30.3 Å². The van der Waals surface area contributed by atoms with Gasteiger partial charge in [-0.3, -0.25) is 4.79 Å². The van der Waals surface area contributed by atoms with Crippen molar-refractivity contribution in [2.75, 3.05) is 0 Å². The molecule has 0 radical (unpaired) electrons. The van der Waals surface area contributed by atoms with Crippen LogP contribution in [-0.2, 0) is 9.59 Å². The minimum atomic E-state index is -0.876. The zero-order valence-corrected chi connectivity index (χ0v) is 9.18. The van der Waals surface area contributed by atoms with Crippen molar-refractivity contribution in [1.29, 1.82) is 0 Å². The van der Waals surface area contributed by atoms with Gasteiger partial charge in [-0.05, 0) is 18.6 Å². The number of hydrogen-bond donors (Lipinski definition) is 2. The molecule has 0 saturated heterocycles. The van der Waals surface area contributed by atoms with E-state index in [1.165, 1.54) is 0 Å². The molecule has 0 amide bonds. The summed E-state index contributed by atoms with van der Waals surface area (Å²) < 4.78 is 0. The van der Waals surface area contributed by atoms with Crippen LogP contribution in [0, 0.1) is 0 Å². The summed E-state index contributed by atoms with van der Waals surface area (Å²) in [5.74, 6) is -1.71. The molecule has 86 valence electrons. The quantitative estimate of drug-likeness (QED) is 0.752. The first-order valence-electron chi connectivity index (χ1n) is 4.59. The van der Waals surface area contributed by atoms with Crippen LogP contribution in [0.25, 0.3) is 6.08 Å². The van der Waals surface area contributed by atoms with Crippen molar-refractivity contribution in [1.82, 2.24) is 0 Å². The summed E-state index contributed by atoms with van der Waals surface area (Å²) in [5.41, 5.74) is 1.26. The lowest BCUT2D eigenvalue weighted by Crippen LogP contribution is -1.95. The van der Waals surface area contributed by atoms with Gasteiger partial charge in [0.05, 0.1) is 0 Å². The van der Waals surface area contributed by atoms with E-state index in [0.29, 0.717) is 5.57 Å². The summed E-state index contributed by atoms with van der Waals surface area (Å²) in [5, 5.41) is 16.0. The summed E-state index contributed by atoms with van der Waals surface area (Å²) in [4.78, 5) is 19.4. The van der Waals surface area contributed by atoms with Gasteiger partial charge in [-0.15, -0.1) is 0 Å². The molecule has 4 heteroatoms. The zero-order valence-electron chi connectivity index (χ0n) is 9.18. The first-order chi connectivity index (χ1) is 7.43. The standard InChI is InChI=1S/C10H10O2.C2H4O2/c1-8(10(11)12)7-9-5-3-2-4-6-9;1-2(3)4/h2-7H,1H3,(H,11,12);1H3,(H,3,4)/b8-7+;. The minimum Gasteiger partial charge on any atom is -0.481 e. The van der Waals surface area contributed by atoms with Crippen LogP contribution in [0.3, 0.4) is 0 Å².